The number of nitrogens with one attached hydrogen (secondary N) is 1. The van der Waals surface area contributed by atoms with Crippen molar-refractivity contribution < 1.29 is 19.1 Å². The van der Waals surface area contributed by atoms with Gasteiger partial charge < -0.3 is 24.9 Å². The summed E-state index contributed by atoms with van der Waals surface area (Å²) in [6.07, 6.45) is 1.72. The fourth-order valence-electron chi connectivity index (χ4n) is 3.57. The van der Waals surface area contributed by atoms with E-state index in [4.69, 9.17) is 15.2 Å². The predicted molar refractivity (Wildman–Crippen MR) is 124 cm³/mol. The Morgan fingerprint density at radius 3 is 2.31 bits per heavy atom. The first-order chi connectivity index (χ1) is 15.5. The maximum absolute atomic E-state index is 13.3. The number of ether oxygens (including phenoxy) is 2. The number of benzene rings is 2. The van der Waals surface area contributed by atoms with Crippen molar-refractivity contribution in [1.82, 2.24) is 4.40 Å². The Morgan fingerprint density at radius 1 is 0.969 bits per heavy atom. The Bertz CT molecular complexity index is 1280. The molecule has 3 N–H and O–H groups in total. The highest BCUT2D eigenvalue weighted by molar-refractivity contribution is 6.20. The highest BCUT2D eigenvalue weighted by atomic mass is 16.5. The van der Waals surface area contributed by atoms with Crippen molar-refractivity contribution in [2.75, 3.05) is 24.8 Å². The minimum Gasteiger partial charge on any atom is -0.497 e. The molecule has 0 radical (unpaired) electrons. The summed E-state index contributed by atoms with van der Waals surface area (Å²) in [5.41, 5.74) is 8.58. The molecule has 2 heterocycles. The average Bonchev–Trinajstić information content (AvgIpc) is 3.11. The van der Waals surface area contributed by atoms with Gasteiger partial charge in [0.05, 0.1) is 30.5 Å². The van der Waals surface area contributed by atoms with Crippen LogP contribution in [0, 0.1) is 0 Å². The zero-order chi connectivity index (χ0) is 22.7. The Morgan fingerprint density at radius 2 is 1.66 bits per heavy atom. The predicted octanol–water partition coefficient (Wildman–Crippen LogP) is 4.41. The van der Waals surface area contributed by atoms with Crippen LogP contribution in [-0.4, -0.2) is 29.8 Å². The molecule has 4 rings (SSSR count). The summed E-state index contributed by atoms with van der Waals surface area (Å²) in [7, 11) is 1.57. The molecule has 0 aliphatic rings. The van der Waals surface area contributed by atoms with E-state index in [1.165, 1.54) is 0 Å². The molecule has 4 aromatic rings. The Kier molecular flexibility index (Phi) is 5.81. The maximum Gasteiger partial charge on any atom is 0.259 e. The van der Waals surface area contributed by atoms with Crippen molar-refractivity contribution in [3.8, 4) is 11.5 Å². The first kappa shape index (κ1) is 21.0. The summed E-state index contributed by atoms with van der Waals surface area (Å²) >= 11 is 0. The van der Waals surface area contributed by atoms with Crippen LogP contribution in [0.4, 0.5) is 11.4 Å². The lowest BCUT2D eigenvalue weighted by Crippen LogP contribution is -2.14. The molecular formula is C25H23N3O4. The van der Waals surface area contributed by atoms with Gasteiger partial charge in [0, 0.05) is 17.4 Å². The normalized spacial score (nSPS) is 10.7. The van der Waals surface area contributed by atoms with E-state index < -0.39 is 5.91 Å². The van der Waals surface area contributed by atoms with Crippen LogP contribution in [0.2, 0.25) is 0 Å². The maximum atomic E-state index is 13.3. The fourth-order valence-corrected chi connectivity index (χ4v) is 3.57. The van der Waals surface area contributed by atoms with Crippen LogP contribution < -0.4 is 20.5 Å². The number of nitrogen functional groups attached to an aromatic ring is 1. The molecule has 0 aliphatic heterocycles. The number of carbonyl (C=O) groups excluding carboxylic acids is 2. The van der Waals surface area contributed by atoms with Gasteiger partial charge in [-0.3, -0.25) is 9.59 Å². The summed E-state index contributed by atoms with van der Waals surface area (Å²) in [6.45, 7) is 2.43. The molecule has 0 fully saturated rings. The van der Waals surface area contributed by atoms with E-state index in [9.17, 15) is 9.59 Å². The van der Waals surface area contributed by atoms with E-state index in [-0.39, 0.29) is 22.7 Å². The van der Waals surface area contributed by atoms with Crippen LogP contribution in [0.15, 0.2) is 72.9 Å². The average molecular weight is 429 g/mol. The van der Waals surface area contributed by atoms with E-state index >= 15 is 0 Å². The minimum absolute atomic E-state index is 0.126. The van der Waals surface area contributed by atoms with E-state index in [2.05, 4.69) is 5.32 Å². The smallest absolute Gasteiger partial charge is 0.259 e. The number of hydrogen-bond acceptors (Lipinski definition) is 5. The Hall–Kier alpha value is -4.26. The molecule has 0 spiro atoms. The van der Waals surface area contributed by atoms with Gasteiger partial charge in [-0.1, -0.05) is 6.07 Å². The molecule has 0 saturated carbocycles. The number of hydrogen-bond donors (Lipinski definition) is 2. The number of nitrogens with zero attached hydrogens (tertiary/aromatic N) is 1. The van der Waals surface area contributed by atoms with Crippen molar-refractivity contribution >= 4 is 28.6 Å². The van der Waals surface area contributed by atoms with Gasteiger partial charge >= 0.3 is 0 Å². The molecule has 0 atom stereocenters. The summed E-state index contributed by atoms with van der Waals surface area (Å²) < 4.78 is 12.2. The van der Waals surface area contributed by atoms with Crippen molar-refractivity contribution in [3.05, 3.63) is 89.7 Å². The first-order valence-corrected chi connectivity index (χ1v) is 10.1. The molecule has 7 heteroatoms. The lowest BCUT2D eigenvalue weighted by Gasteiger charge is -2.07. The van der Waals surface area contributed by atoms with Crippen LogP contribution >= 0.6 is 0 Å². The molecule has 0 saturated heterocycles. The molecule has 2 aromatic heterocycles. The second-order valence-corrected chi connectivity index (χ2v) is 7.06. The van der Waals surface area contributed by atoms with Crippen LogP contribution in [-0.2, 0) is 0 Å². The molecule has 0 aliphatic carbocycles. The molecule has 162 valence electrons. The zero-order valence-corrected chi connectivity index (χ0v) is 17.8. The molecule has 0 unspecified atom stereocenters. The van der Waals surface area contributed by atoms with Gasteiger partial charge in [-0.05, 0) is 67.6 Å². The second-order valence-electron chi connectivity index (χ2n) is 7.06. The van der Waals surface area contributed by atoms with Crippen molar-refractivity contribution in [2.45, 2.75) is 6.92 Å². The third kappa shape index (κ3) is 3.88. The van der Waals surface area contributed by atoms with Crippen LogP contribution in [0.1, 0.15) is 33.3 Å². The number of fused-ring (bicyclic) bond motifs is 1. The van der Waals surface area contributed by atoms with Gasteiger partial charge in [0.25, 0.3) is 5.91 Å². The number of ketones is 1. The van der Waals surface area contributed by atoms with E-state index in [0.717, 1.165) is 0 Å². The summed E-state index contributed by atoms with van der Waals surface area (Å²) in [6, 6.07) is 19.1. The van der Waals surface area contributed by atoms with Gasteiger partial charge in [-0.15, -0.1) is 0 Å². The van der Waals surface area contributed by atoms with Crippen molar-refractivity contribution in [2.24, 2.45) is 0 Å². The highest BCUT2D eigenvalue weighted by Crippen LogP contribution is 2.30. The molecule has 0 bridgehead atoms. The van der Waals surface area contributed by atoms with E-state index in [1.807, 2.05) is 6.92 Å². The van der Waals surface area contributed by atoms with Gasteiger partial charge in [0.15, 0.2) is 0 Å². The lowest BCUT2D eigenvalue weighted by molar-refractivity contribution is 0.102. The third-order valence-corrected chi connectivity index (χ3v) is 5.10. The highest BCUT2D eigenvalue weighted by Gasteiger charge is 2.26. The molecule has 7 nitrogen and oxygen atoms in total. The third-order valence-electron chi connectivity index (χ3n) is 5.10. The summed E-state index contributed by atoms with van der Waals surface area (Å²) in [4.78, 5) is 26.5. The number of carbonyl (C=O) groups is 2. The Balaban J connectivity index is 1.72. The molecule has 2 aromatic carbocycles. The van der Waals surface area contributed by atoms with Gasteiger partial charge in [0.1, 0.15) is 17.2 Å². The number of rotatable bonds is 7. The number of nitrogens with two attached hydrogens (primary N) is 1. The number of pyridine rings is 1. The number of methoxy groups -OCH3 is 1. The summed E-state index contributed by atoms with van der Waals surface area (Å²) in [5, 5.41) is 2.84. The van der Waals surface area contributed by atoms with Crippen LogP contribution in [0.3, 0.4) is 0 Å². The SMILES string of the molecule is CCOc1ccc(C(=O)c2c(N)c(C(=O)Nc3ccc(OC)cc3)c3ccccn23)cc1. The molecule has 32 heavy (non-hydrogen) atoms. The zero-order valence-electron chi connectivity index (χ0n) is 17.8. The number of amides is 1. The quantitative estimate of drug-likeness (QED) is 0.424. The topological polar surface area (TPSA) is 95.1 Å². The number of aromatic nitrogens is 1. The van der Waals surface area contributed by atoms with E-state index in [1.54, 1.807) is 84.4 Å². The lowest BCUT2D eigenvalue weighted by atomic mass is 10.1. The number of anilines is 2. The Labute approximate surface area is 185 Å². The fraction of sp³-hybridized carbons (Fsp3) is 0.120. The van der Waals surface area contributed by atoms with Crippen molar-refractivity contribution in [3.63, 3.8) is 0 Å². The van der Waals surface area contributed by atoms with Gasteiger partial charge in [-0.25, -0.2) is 0 Å². The molecular weight excluding hydrogens is 406 g/mol. The van der Waals surface area contributed by atoms with Gasteiger partial charge in [0.2, 0.25) is 5.78 Å². The summed E-state index contributed by atoms with van der Waals surface area (Å²) in [5.74, 6) is 0.675. The van der Waals surface area contributed by atoms with Crippen molar-refractivity contribution in [1.29, 1.82) is 0 Å². The van der Waals surface area contributed by atoms with Gasteiger partial charge in [-0.2, -0.15) is 0 Å². The largest absolute Gasteiger partial charge is 0.497 e. The van der Waals surface area contributed by atoms with Crippen LogP contribution in [0.25, 0.3) is 5.52 Å². The first-order valence-electron chi connectivity index (χ1n) is 10.1. The molecule has 1 amide bonds. The van der Waals surface area contributed by atoms with Crippen LogP contribution in [0.5, 0.6) is 11.5 Å². The standard InChI is InChI=1S/C25H23N3O4/c1-3-32-19-11-7-16(8-12-19)24(29)23-22(26)21(20-6-4-5-15-28(20)23)25(30)27-17-9-13-18(31-2)14-10-17/h4-15H,3,26H2,1-2H3,(H,27,30). The second kappa shape index (κ2) is 8.85. The van der Waals surface area contributed by atoms with E-state index in [0.29, 0.717) is 34.9 Å². The monoisotopic (exact) mass is 429 g/mol. The minimum atomic E-state index is -0.401.